The smallest absolute Gasteiger partial charge is 0.251 e. The molecule has 2 N–H and O–H groups in total. The van der Waals surface area contributed by atoms with Gasteiger partial charge in [0.15, 0.2) is 0 Å². The molecule has 2 amide bonds. The fourth-order valence-corrected chi connectivity index (χ4v) is 3.85. The maximum Gasteiger partial charge on any atom is 0.251 e. The highest BCUT2D eigenvalue weighted by molar-refractivity contribution is 7.99. The first-order chi connectivity index (χ1) is 12.1. The zero-order chi connectivity index (χ0) is 17.8. The van der Waals surface area contributed by atoms with Gasteiger partial charge in [-0.05, 0) is 42.3 Å². The Kier molecular flexibility index (Phi) is 5.19. The van der Waals surface area contributed by atoms with Crippen LogP contribution in [0.3, 0.4) is 0 Å². The molecule has 0 spiro atoms. The van der Waals surface area contributed by atoms with E-state index < -0.39 is 0 Å². The summed E-state index contributed by atoms with van der Waals surface area (Å²) in [5.41, 5.74) is 1.75. The lowest BCUT2D eigenvalue weighted by molar-refractivity contribution is -0.111. The van der Waals surface area contributed by atoms with E-state index in [9.17, 15) is 14.0 Å². The average Bonchev–Trinajstić information content (AvgIpc) is 2.62. The van der Waals surface area contributed by atoms with E-state index in [1.807, 2.05) is 6.07 Å². The minimum Gasteiger partial charge on any atom is -0.345 e. The van der Waals surface area contributed by atoms with Gasteiger partial charge in [-0.1, -0.05) is 24.8 Å². The van der Waals surface area contributed by atoms with E-state index >= 15 is 0 Å². The van der Waals surface area contributed by atoms with Gasteiger partial charge in [-0.25, -0.2) is 4.39 Å². The van der Waals surface area contributed by atoms with Gasteiger partial charge in [-0.3, -0.25) is 9.59 Å². The Bertz CT molecular complexity index is 838. The quantitative estimate of drug-likeness (QED) is 0.817. The summed E-state index contributed by atoms with van der Waals surface area (Å²) in [5.74, 6) is -0.113. The van der Waals surface area contributed by atoms with Crippen LogP contribution < -0.4 is 10.6 Å². The van der Waals surface area contributed by atoms with Crippen molar-refractivity contribution in [3.8, 4) is 0 Å². The van der Waals surface area contributed by atoms with Crippen molar-refractivity contribution in [2.24, 2.45) is 0 Å². The monoisotopic (exact) mass is 356 g/mol. The van der Waals surface area contributed by atoms with Crippen LogP contribution in [0.25, 0.3) is 0 Å². The number of halogens is 1. The van der Waals surface area contributed by atoms with E-state index in [2.05, 4.69) is 17.2 Å². The molecule has 6 heteroatoms. The van der Waals surface area contributed by atoms with Gasteiger partial charge in [-0.15, -0.1) is 11.8 Å². The summed E-state index contributed by atoms with van der Waals surface area (Å²) in [6.07, 6.45) is 1.90. The highest BCUT2D eigenvalue weighted by atomic mass is 32.2. The highest BCUT2D eigenvalue weighted by Crippen LogP contribution is 2.37. The number of carbonyl (C=O) groups excluding carboxylic acids is 2. The molecule has 1 heterocycles. The van der Waals surface area contributed by atoms with E-state index in [-0.39, 0.29) is 23.7 Å². The van der Waals surface area contributed by atoms with Crippen molar-refractivity contribution in [1.29, 1.82) is 0 Å². The lowest BCUT2D eigenvalue weighted by Gasteiger charge is -2.26. The molecule has 1 aliphatic heterocycles. The second-order valence-corrected chi connectivity index (χ2v) is 6.70. The molecule has 128 valence electrons. The summed E-state index contributed by atoms with van der Waals surface area (Å²) in [6, 6.07) is 11.4. The van der Waals surface area contributed by atoms with Crippen LogP contribution >= 0.6 is 11.8 Å². The summed E-state index contributed by atoms with van der Waals surface area (Å²) in [7, 11) is 0. The summed E-state index contributed by atoms with van der Waals surface area (Å²) in [5, 5.41) is 5.58. The Morgan fingerprint density at radius 3 is 2.84 bits per heavy atom. The van der Waals surface area contributed by atoms with Crippen LogP contribution in [0.15, 0.2) is 60.0 Å². The number of anilines is 1. The predicted octanol–water partition coefficient (Wildman–Crippen LogP) is 3.92. The van der Waals surface area contributed by atoms with Crippen LogP contribution in [-0.2, 0) is 4.79 Å². The van der Waals surface area contributed by atoms with Gasteiger partial charge >= 0.3 is 0 Å². The molecule has 1 unspecified atom stereocenters. The summed E-state index contributed by atoms with van der Waals surface area (Å²) >= 11 is 1.47. The maximum atomic E-state index is 13.9. The van der Waals surface area contributed by atoms with Gasteiger partial charge in [0, 0.05) is 21.9 Å². The van der Waals surface area contributed by atoms with Crippen molar-refractivity contribution in [3.05, 3.63) is 72.1 Å². The molecule has 25 heavy (non-hydrogen) atoms. The Morgan fingerprint density at radius 1 is 1.24 bits per heavy atom. The van der Waals surface area contributed by atoms with Crippen LogP contribution in [0.5, 0.6) is 0 Å². The third-order valence-corrected chi connectivity index (χ3v) is 5.07. The van der Waals surface area contributed by atoms with Crippen molar-refractivity contribution >= 4 is 29.3 Å². The largest absolute Gasteiger partial charge is 0.345 e. The van der Waals surface area contributed by atoms with Crippen LogP contribution in [-0.4, -0.2) is 17.6 Å². The molecule has 2 aromatic rings. The van der Waals surface area contributed by atoms with Gasteiger partial charge in [0.25, 0.3) is 5.91 Å². The molecule has 0 aromatic heterocycles. The number of hydrogen-bond acceptors (Lipinski definition) is 3. The fraction of sp³-hybridized carbons (Fsp3) is 0.158. The van der Waals surface area contributed by atoms with E-state index in [0.29, 0.717) is 16.1 Å². The highest BCUT2D eigenvalue weighted by Gasteiger charge is 2.24. The molecule has 3 rings (SSSR count). The number of fused-ring (bicyclic) bond motifs is 1. The SMILES string of the molecule is C=CC(=O)Nc1cccc(C(=O)NC2CCSc3c(F)cccc32)c1. The van der Waals surface area contributed by atoms with Crippen molar-refractivity contribution in [3.63, 3.8) is 0 Å². The van der Waals surface area contributed by atoms with Crippen molar-refractivity contribution in [2.75, 3.05) is 11.1 Å². The lowest BCUT2D eigenvalue weighted by atomic mass is 10.0. The van der Waals surface area contributed by atoms with E-state index in [0.717, 1.165) is 23.8 Å². The number of rotatable bonds is 4. The van der Waals surface area contributed by atoms with Crippen LogP contribution in [0.4, 0.5) is 10.1 Å². The zero-order valence-electron chi connectivity index (χ0n) is 13.4. The molecule has 0 aliphatic carbocycles. The molecule has 0 saturated carbocycles. The molecule has 0 saturated heterocycles. The van der Waals surface area contributed by atoms with Crippen molar-refractivity contribution in [2.45, 2.75) is 17.4 Å². The van der Waals surface area contributed by atoms with Gasteiger partial charge in [0.1, 0.15) is 5.82 Å². The number of thioether (sulfide) groups is 1. The number of hydrogen-bond donors (Lipinski definition) is 2. The fourth-order valence-electron chi connectivity index (χ4n) is 2.71. The van der Waals surface area contributed by atoms with E-state index in [1.165, 1.54) is 17.8 Å². The standard InChI is InChI=1S/C19H17FN2O2S/c1-2-17(23)21-13-6-3-5-12(11-13)19(24)22-16-9-10-25-18-14(16)7-4-8-15(18)20/h2-8,11,16H,1,9-10H2,(H,21,23)(H,22,24). The minimum atomic E-state index is -0.341. The molecule has 1 atom stereocenters. The van der Waals surface area contributed by atoms with Gasteiger partial charge < -0.3 is 10.6 Å². The van der Waals surface area contributed by atoms with E-state index in [1.54, 1.807) is 30.3 Å². The summed E-state index contributed by atoms with van der Waals surface area (Å²) < 4.78 is 13.9. The van der Waals surface area contributed by atoms with Gasteiger partial charge in [0.2, 0.25) is 5.91 Å². The molecule has 0 fully saturated rings. The Balaban J connectivity index is 1.78. The van der Waals surface area contributed by atoms with Crippen LogP contribution in [0.1, 0.15) is 28.4 Å². The van der Waals surface area contributed by atoms with Crippen LogP contribution in [0.2, 0.25) is 0 Å². The van der Waals surface area contributed by atoms with Crippen molar-refractivity contribution < 1.29 is 14.0 Å². The third kappa shape index (κ3) is 3.91. The molecule has 1 aliphatic rings. The minimum absolute atomic E-state index is 0.231. The van der Waals surface area contributed by atoms with Crippen molar-refractivity contribution in [1.82, 2.24) is 5.32 Å². The number of amides is 2. The lowest BCUT2D eigenvalue weighted by Crippen LogP contribution is -2.31. The number of benzene rings is 2. The molecular formula is C19H17FN2O2S. The zero-order valence-corrected chi connectivity index (χ0v) is 14.2. The van der Waals surface area contributed by atoms with Gasteiger partial charge in [-0.2, -0.15) is 0 Å². The average molecular weight is 356 g/mol. The second kappa shape index (κ2) is 7.53. The molecule has 0 bridgehead atoms. The van der Waals surface area contributed by atoms with E-state index in [4.69, 9.17) is 0 Å². The number of carbonyl (C=O) groups is 2. The predicted molar refractivity (Wildman–Crippen MR) is 97.2 cm³/mol. The molecule has 4 nitrogen and oxygen atoms in total. The first kappa shape index (κ1) is 17.2. The summed E-state index contributed by atoms with van der Waals surface area (Å²) in [6.45, 7) is 3.40. The maximum absolute atomic E-state index is 13.9. The topological polar surface area (TPSA) is 58.2 Å². The number of nitrogens with one attached hydrogen (secondary N) is 2. The Morgan fingerprint density at radius 2 is 2.04 bits per heavy atom. The Hall–Kier alpha value is -2.60. The summed E-state index contributed by atoms with van der Waals surface area (Å²) in [4.78, 5) is 24.6. The normalized spacial score (nSPS) is 15.8. The van der Waals surface area contributed by atoms with Gasteiger partial charge in [0.05, 0.1) is 6.04 Å². The Labute approximate surface area is 149 Å². The first-order valence-electron chi connectivity index (χ1n) is 7.84. The molecule has 0 radical (unpaired) electrons. The molecule has 2 aromatic carbocycles. The first-order valence-corrected chi connectivity index (χ1v) is 8.82. The second-order valence-electron chi connectivity index (χ2n) is 5.60. The third-order valence-electron chi connectivity index (χ3n) is 3.91. The van der Waals surface area contributed by atoms with Crippen LogP contribution in [0, 0.1) is 5.82 Å². The molecular weight excluding hydrogens is 339 g/mol.